The van der Waals surface area contributed by atoms with E-state index < -0.39 is 5.54 Å². The van der Waals surface area contributed by atoms with Crippen LogP contribution < -0.4 is 14.8 Å². The van der Waals surface area contributed by atoms with E-state index in [2.05, 4.69) is 29.3 Å². The standard InChI is InChI=1S/C30H45N3O4/c1-2-3-16-33-28(34)25(11-7-10-23-8-5-4-6-9-23)31-29(35)30(33)14-17-32(18-15-30)22-24-12-13-26-27(21-24)37-20-19-36-26/h12-13,21,23,25H,2-11,14-20,22H2,1H3,(H,31,35). The number of likely N-dealkylation sites (tertiary alicyclic amines) is 1. The highest BCUT2D eigenvalue weighted by atomic mass is 16.6. The summed E-state index contributed by atoms with van der Waals surface area (Å²) in [6.07, 6.45) is 13.1. The molecule has 7 nitrogen and oxygen atoms in total. The van der Waals surface area contributed by atoms with Crippen LogP contribution in [0.2, 0.25) is 0 Å². The van der Waals surface area contributed by atoms with E-state index >= 15 is 0 Å². The molecule has 1 aromatic rings. The Balaban J connectivity index is 1.20. The number of unbranched alkanes of at least 4 members (excludes halogenated alkanes) is 1. The number of hydrogen-bond donors (Lipinski definition) is 1. The smallest absolute Gasteiger partial charge is 0.246 e. The average molecular weight is 512 g/mol. The fourth-order valence-corrected chi connectivity index (χ4v) is 6.82. The largest absolute Gasteiger partial charge is 0.486 e. The van der Waals surface area contributed by atoms with Crippen LogP contribution in [0.25, 0.3) is 0 Å². The first kappa shape index (κ1) is 26.3. The van der Waals surface area contributed by atoms with Crippen molar-refractivity contribution in [1.82, 2.24) is 15.1 Å². The highest BCUT2D eigenvalue weighted by Crippen LogP contribution is 2.36. The van der Waals surface area contributed by atoms with Gasteiger partial charge in [-0.1, -0.05) is 64.4 Å². The summed E-state index contributed by atoms with van der Waals surface area (Å²) >= 11 is 0. The van der Waals surface area contributed by atoms with Crippen molar-refractivity contribution in [2.45, 2.75) is 102 Å². The molecular formula is C30H45N3O4. The van der Waals surface area contributed by atoms with Crippen LogP contribution in [-0.4, -0.2) is 66.0 Å². The van der Waals surface area contributed by atoms with Crippen molar-refractivity contribution in [3.05, 3.63) is 23.8 Å². The maximum atomic E-state index is 13.7. The van der Waals surface area contributed by atoms with Crippen molar-refractivity contribution in [3.63, 3.8) is 0 Å². The predicted molar refractivity (Wildman–Crippen MR) is 144 cm³/mol. The minimum atomic E-state index is -0.699. The molecule has 1 spiro atoms. The van der Waals surface area contributed by atoms with Crippen molar-refractivity contribution in [2.24, 2.45) is 5.92 Å². The molecule has 4 aliphatic rings. The average Bonchev–Trinajstić information content (AvgIpc) is 2.93. The van der Waals surface area contributed by atoms with Gasteiger partial charge in [-0.05, 0) is 49.3 Å². The zero-order valence-corrected chi connectivity index (χ0v) is 22.6. The second-order valence-electron chi connectivity index (χ2n) is 11.6. The maximum absolute atomic E-state index is 13.7. The Labute approximate surface area is 222 Å². The number of rotatable bonds is 9. The minimum Gasteiger partial charge on any atom is -0.486 e. The monoisotopic (exact) mass is 511 g/mol. The van der Waals surface area contributed by atoms with Gasteiger partial charge in [0.2, 0.25) is 11.8 Å². The van der Waals surface area contributed by atoms with E-state index in [0.29, 0.717) is 32.6 Å². The molecule has 0 aromatic heterocycles. The second kappa shape index (κ2) is 12.1. The molecule has 0 bridgehead atoms. The summed E-state index contributed by atoms with van der Waals surface area (Å²) in [7, 11) is 0. The zero-order valence-electron chi connectivity index (χ0n) is 22.6. The van der Waals surface area contributed by atoms with Crippen LogP contribution in [-0.2, 0) is 16.1 Å². The molecule has 0 radical (unpaired) electrons. The molecule has 1 atom stereocenters. The molecule has 7 heteroatoms. The molecule has 3 fully saturated rings. The van der Waals surface area contributed by atoms with Gasteiger partial charge >= 0.3 is 0 Å². The van der Waals surface area contributed by atoms with Crippen LogP contribution >= 0.6 is 0 Å². The highest BCUT2D eigenvalue weighted by Gasteiger charge is 2.53. The first-order valence-corrected chi connectivity index (χ1v) is 14.8. The summed E-state index contributed by atoms with van der Waals surface area (Å²) in [6.45, 7) is 6.41. The summed E-state index contributed by atoms with van der Waals surface area (Å²) < 4.78 is 11.4. The van der Waals surface area contributed by atoms with Crippen molar-refractivity contribution in [3.8, 4) is 11.5 Å². The molecule has 1 aliphatic carbocycles. The Kier molecular flexibility index (Phi) is 8.58. The zero-order chi connectivity index (χ0) is 25.7. The van der Waals surface area contributed by atoms with E-state index in [0.717, 1.165) is 62.7 Å². The first-order valence-electron chi connectivity index (χ1n) is 14.8. The Morgan fingerprint density at radius 1 is 0.973 bits per heavy atom. The number of nitrogens with zero attached hydrogens (tertiary/aromatic N) is 2. The van der Waals surface area contributed by atoms with Crippen LogP contribution in [0.4, 0.5) is 0 Å². The van der Waals surface area contributed by atoms with Crippen molar-refractivity contribution in [1.29, 1.82) is 0 Å². The molecule has 1 saturated carbocycles. The van der Waals surface area contributed by atoms with Gasteiger partial charge in [-0.2, -0.15) is 0 Å². The van der Waals surface area contributed by atoms with Crippen LogP contribution in [0.3, 0.4) is 0 Å². The Hall–Kier alpha value is -2.28. The van der Waals surface area contributed by atoms with Crippen molar-refractivity contribution < 1.29 is 19.1 Å². The van der Waals surface area contributed by atoms with Gasteiger partial charge in [0.05, 0.1) is 0 Å². The van der Waals surface area contributed by atoms with Gasteiger partial charge in [0.1, 0.15) is 24.8 Å². The topological polar surface area (TPSA) is 71.1 Å². The molecule has 2 amide bonds. The lowest BCUT2D eigenvalue weighted by Gasteiger charge is -2.51. The lowest BCUT2D eigenvalue weighted by molar-refractivity contribution is -0.161. The number of hydrogen-bond acceptors (Lipinski definition) is 5. The van der Waals surface area contributed by atoms with Gasteiger partial charge in [-0.3, -0.25) is 14.5 Å². The van der Waals surface area contributed by atoms with Crippen LogP contribution in [0, 0.1) is 5.92 Å². The molecule has 37 heavy (non-hydrogen) atoms. The molecular weight excluding hydrogens is 466 g/mol. The van der Waals surface area contributed by atoms with E-state index in [1.54, 1.807) is 0 Å². The quantitative estimate of drug-likeness (QED) is 0.522. The van der Waals surface area contributed by atoms with Crippen molar-refractivity contribution >= 4 is 11.8 Å². The number of carbonyl (C=O) groups excluding carboxylic acids is 2. The van der Waals surface area contributed by atoms with Gasteiger partial charge in [0.15, 0.2) is 11.5 Å². The number of fused-ring (bicyclic) bond motifs is 1. The molecule has 1 unspecified atom stereocenters. The van der Waals surface area contributed by atoms with E-state index in [1.807, 2.05) is 11.0 Å². The summed E-state index contributed by atoms with van der Waals surface area (Å²) in [6, 6.07) is 5.81. The SMILES string of the molecule is CCCCN1C(=O)C(CCCC2CCCCC2)NC(=O)C12CCN(Cc1ccc3c(c1)OCCO3)CC2. The first-order chi connectivity index (χ1) is 18.1. The number of piperazine rings is 1. The molecule has 1 aromatic carbocycles. The summed E-state index contributed by atoms with van der Waals surface area (Å²) in [5, 5.41) is 3.19. The number of piperidine rings is 1. The molecule has 3 heterocycles. The second-order valence-corrected chi connectivity index (χ2v) is 11.6. The van der Waals surface area contributed by atoms with Gasteiger partial charge in [0, 0.05) is 26.2 Å². The Bertz CT molecular complexity index is 937. The minimum absolute atomic E-state index is 0.0739. The van der Waals surface area contributed by atoms with E-state index in [-0.39, 0.29) is 17.9 Å². The third kappa shape index (κ3) is 5.92. The van der Waals surface area contributed by atoms with Gasteiger partial charge in [0.25, 0.3) is 0 Å². The lowest BCUT2D eigenvalue weighted by Crippen LogP contribution is -2.72. The molecule has 5 rings (SSSR count). The van der Waals surface area contributed by atoms with Crippen LogP contribution in [0.15, 0.2) is 18.2 Å². The molecule has 204 valence electrons. The normalized spacial score (nSPS) is 24.4. The van der Waals surface area contributed by atoms with Gasteiger partial charge in [-0.15, -0.1) is 0 Å². The number of benzene rings is 1. The summed E-state index contributed by atoms with van der Waals surface area (Å²) in [5.41, 5.74) is 0.486. The Morgan fingerprint density at radius 3 is 2.49 bits per heavy atom. The number of amides is 2. The Morgan fingerprint density at radius 2 is 1.73 bits per heavy atom. The third-order valence-electron chi connectivity index (χ3n) is 9.07. The predicted octanol–water partition coefficient (Wildman–Crippen LogP) is 4.67. The lowest BCUT2D eigenvalue weighted by atomic mass is 9.80. The maximum Gasteiger partial charge on any atom is 0.246 e. The van der Waals surface area contributed by atoms with Gasteiger partial charge < -0.3 is 19.7 Å². The fourth-order valence-electron chi connectivity index (χ4n) is 6.82. The summed E-state index contributed by atoms with van der Waals surface area (Å²) in [5.74, 6) is 2.66. The van der Waals surface area contributed by atoms with Crippen LogP contribution in [0.1, 0.15) is 89.5 Å². The van der Waals surface area contributed by atoms with Crippen molar-refractivity contribution in [2.75, 3.05) is 32.8 Å². The summed E-state index contributed by atoms with van der Waals surface area (Å²) in [4.78, 5) is 31.7. The fraction of sp³-hybridized carbons (Fsp3) is 0.733. The molecule has 2 saturated heterocycles. The number of ether oxygens (including phenoxy) is 2. The molecule has 1 N–H and O–H groups in total. The van der Waals surface area contributed by atoms with Gasteiger partial charge in [-0.25, -0.2) is 0 Å². The number of carbonyl (C=O) groups is 2. The van der Waals surface area contributed by atoms with Crippen LogP contribution in [0.5, 0.6) is 11.5 Å². The molecule has 3 aliphatic heterocycles. The van der Waals surface area contributed by atoms with E-state index in [4.69, 9.17) is 9.47 Å². The van der Waals surface area contributed by atoms with E-state index in [1.165, 1.54) is 44.1 Å². The number of nitrogens with one attached hydrogen (secondary N) is 1. The third-order valence-corrected chi connectivity index (χ3v) is 9.07. The van der Waals surface area contributed by atoms with E-state index in [9.17, 15) is 9.59 Å². The highest BCUT2D eigenvalue weighted by molar-refractivity contribution is 6.00.